The fourth-order valence-electron chi connectivity index (χ4n) is 5.35. The van der Waals surface area contributed by atoms with Crippen LogP contribution in [-0.4, -0.2) is 75.6 Å². The van der Waals surface area contributed by atoms with E-state index in [4.69, 9.17) is 15.3 Å². The molecule has 1 heterocycles. The first-order valence-electron chi connectivity index (χ1n) is 15.9. The normalized spacial score (nSPS) is 20.2. The van der Waals surface area contributed by atoms with E-state index in [0.29, 0.717) is 17.4 Å². The van der Waals surface area contributed by atoms with Crippen molar-refractivity contribution in [2.75, 3.05) is 26.7 Å². The summed E-state index contributed by atoms with van der Waals surface area (Å²) in [6.07, 6.45) is 14.1. The van der Waals surface area contributed by atoms with E-state index in [9.17, 15) is 14.4 Å². The highest BCUT2D eigenvalue weighted by Gasteiger charge is 2.39. The van der Waals surface area contributed by atoms with Crippen molar-refractivity contribution in [3.8, 4) is 0 Å². The minimum absolute atomic E-state index is 0.0194. The molecule has 2 aliphatic carbocycles. The molecule has 1 saturated heterocycles. The molecule has 0 aromatic carbocycles. The molecule has 2 saturated carbocycles. The van der Waals surface area contributed by atoms with Crippen LogP contribution in [0.2, 0.25) is 0 Å². The molecule has 3 fully saturated rings. The lowest BCUT2D eigenvalue weighted by molar-refractivity contribution is -0.123. The highest BCUT2D eigenvalue weighted by atomic mass is 16.2. The van der Waals surface area contributed by atoms with E-state index in [1.54, 1.807) is 0 Å². The Morgan fingerprint density at radius 1 is 1.16 bits per heavy atom. The van der Waals surface area contributed by atoms with Crippen LogP contribution >= 0.6 is 0 Å². The summed E-state index contributed by atoms with van der Waals surface area (Å²) in [5.41, 5.74) is 6.13. The van der Waals surface area contributed by atoms with Gasteiger partial charge in [-0.1, -0.05) is 33.6 Å². The zero-order chi connectivity index (χ0) is 32.8. The molecule has 11 heteroatoms. The average Bonchev–Trinajstić information content (AvgIpc) is 3.35. The van der Waals surface area contributed by atoms with Crippen molar-refractivity contribution in [3.63, 3.8) is 0 Å². The summed E-state index contributed by atoms with van der Waals surface area (Å²) in [5, 5.41) is 16.2. The van der Waals surface area contributed by atoms with Gasteiger partial charge in [0.15, 0.2) is 5.78 Å². The van der Waals surface area contributed by atoms with Gasteiger partial charge in [0.25, 0.3) is 5.91 Å². The molecule has 7 N–H and O–H groups in total. The second kappa shape index (κ2) is 22.8. The van der Waals surface area contributed by atoms with Crippen LogP contribution in [0, 0.1) is 17.3 Å². The van der Waals surface area contributed by atoms with Gasteiger partial charge in [-0.25, -0.2) is 0 Å². The molecule has 11 nitrogen and oxygen atoms in total. The maximum atomic E-state index is 12.0. The quantitative estimate of drug-likeness (QED) is 0.0706. The largest absolute Gasteiger partial charge is 0.394 e. The monoisotopic (exact) mass is 608 g/mol. The molecule has 2 amide bonds. The topological polar surface area (TPSA) is 172 Å². The lowest BCUT2D eigenvalue weighted by atomic mass is 10.00. The minimum Gasteiger partial charge on any atom is -0.394 e. The Hall–Kier alpha value is -2.63. The summed E-state index contributed by atoms with van der Waals surface area (Å²) in [5.74, 6) is 0.169. The third-order valence-electron chi connectivity index (χ3n) is 8.40. The molecule has 3 rings (SSSR count). The predicted molar refractivity (Wildman–Crippen MR) is 172 cm³/mol. The van der Waals surface area contributed by atoms with Crippen LogP contribution in [0.4, 0.5) is 0 Å². The number of amides is 2. The molecule has 0 bridgehead atoms. The molecule has 1 aliphatic heterocycles. The highest BCUT2D eigenvalue weighted by Crippen LogP contribution is 2.47. The summed E-state index contributed by atoms with van der Waals surface area (Å²) in [6, 6.07) is 0.706. The number of carbonyl (C=O) groups excluding carboxylic acids is 5. The van der Waals surface area contributed by atoms with E-state index in [1.807, 2.05) is 13.8 Å². The third-order valence-corrected chi connectivity index (χ3v) is 8.40. The summed E-state index contributed by atoms with van der Waals surface area (Å²) in [4.78, 5) is 51.2. The SMILES string of the molecule is C=O.CC=O.CCC1(CNCCC(NC(=O)/C(N)=C/C(C)=O)C(C)C)CC1.CNC(CC1CCNC1=O)NC1CCCC1. The maximum absolute atomic E-state index is 12.0. The van der Waals surface area contributed by atoms with Gasteiger partial charge in [-0.15, -0.1) is 0 Å². The number of nitrogens with two attached hydrogens (primary N) is 1. The Morgan fingerprint density at radius 2 is 1.77 bits per heavy atom. The Labute approximate surface area is 259 Å². The van der Waals surface area contributed by atoms with E-state index < -0.39 is 0 Å². The van der Waals surface area contributed by atoms with E-state index in [1.165, 1.54) is 64.9 Å². The van der Waals surface area contributed by atoms with Crippen LogP contribution in [-0.2, 0) is 24.0 Å². The van der Waals surface area contributed by atoms with Gasteiger partial charge in [0.05, 0.1) is 6.17 Å². The first-order chi connectivity index (χ1) is 20.5. The van der Waals surface area contributed by atoms with Gasteiger partial charge >= 0.3 is 0 Å². The zero-order valence-electron chi connectivity index (χ0n) is 27.6. The van der Waals surface area contributed by atoms with Crippen LogP contribution in [0.3, 0.4) is 0 Å². The Morgan fingerprint density at radius 3 is 2.21 bits per heavy atom. The second-order valence-corrected chi connectivity index (χ2v) is 12.1. The second-order valence-electron chi connectivity index (χ2n) is 12.1. The molecule has 0 radical (unpaired) electrons. The number of ketones is 1. The van der Waals surface area contributed by atoms with E-state index in [2.05, 4.69) is 47.4 Å². The van der Waals surface area contributed by atoms with Gasteiger partial charge in [-0.2, -0.15) is 0 Å². The molecular weight excluding hydrogens is 548 g/mol. The molecule has 3 unspecified atom stereocenters. The molecule has 43 heavy (non-hydrogen) atoms. The molecule has 3 aliphatic rings. The number of aldehydes is 1. The number of rotatable bonds is 15. The summed E-state index contributed by atoms with van der Waals surface area (Å²) in [6.45, 7) is 14.0. The molecule has 0 aromatic heterocycles. The fraction of sp³-hybridized carbons (Fsp3) is 0.781. The fourth-order valence-corrected chi connectivity index (χ4v) is 5.35. The number of hydrogen-bond acceptors (Lipinski definition) is 9. The molecular formula is C32H60N6O5. The first kappa shape index (κ1) is 40.4. The van der Waals surface area contributed by atoms with Crippen LogP contribution in [0.15, 0.2) is 11.8 Å². The van der Waals surface area contributed by atoms with Crippen molar-refractivity contribution in [1.29, 1.82) is 0 Å². The van der Waals surface area contributed by atoms with Crippen molar-refractivity contribution in [1.82, 2.24) is 26.6 Å². The van der Waals surface area contributed by atoms with Gasteiger partial charge in [0, 0.05) is 37.2 Å². The maximum Gasteiger partial charge on any atom is 0.267 e. The van der Waals surface area contributed by atoms with Gasteiger partial charge in [0.1, 0.15) is 18.8 Å². The van der Waals surface area contributed by atoms with Crippen molar-refractivity contribution in [3.05, 3.63) is 11.8 Å². The summed E-state index contributed by atoms with van der Waals surface area (Å²) >= 11 is 0. The molecule has 3 atom stereocenters. The number of hydrogen-bond donors (Lipinski definition) is 6. The number of nitrogens with one attached hydrogen (secondary N) is 5. The molecule has 0 aromatic rings. The predicted octanol–water partition coefficient (Wildman–Crippen LogP) is 2.34. The van der Waals surface area contributed by atoms with Crippen LogP contribution in [0.1, 0.15) is 98.8 Å². The van der Waals surface area contributed by atoms with Crippen molar-refractivity contribution >= 4 is 30.7 Å². The third kappa shape index (κ3) is 17.3. The number of allylic oxidation sites excluding steroid dienone is 1. The van der Waals surface area contributed by atoms with Gasteiger partial charge in [-0.3, -0.25) is 19.7 Å². The van der Waals surface area contributed by atoms with Gasteiger partial charge < -0.3 is 36.6 Å². The van der Waals surface area contributed by atoms with E-state index >= 15 is 0 Å². The lowest BCUT2D eigenvalue weighted by Gasteiger charge is -2.24. The highest BCUT2D eigenvalue weighted by molar-refractivity contribution is 6.00. The van der Waals surface area contributed by atoms with Crippen LogP contribution < -0.4 is 32.3 Å². The minimum atomic E-state index is -0.360. The Kier molecular flexibility index (Phi) is 21.4. The first-order valence-corrected chi connectivity index (χ1v) is 15.9. The van der Waals surface area contributed by atoms with Crippen molar-refractivity contribution in [2.45, 2.75) is 117 Å². The van der Waals surface area contributed by atoms with Crippen LogP contribution in [0.5, 0.6) is 0 Å². The molecule has 248 valence electrons. The zero-order valence-corrected chi connectivity index (χ0v) is 27.6. The van der Waals surface area contributed by atoms with E-state index in [0.717, 1.165) is 45.2 Å². The standard InChI is InChI=1S/C17H31N3O2.C12H23N3O.C2H4O.CH2O/c1-5-17(7-8-17)11-19-9-6-15(12(2)3)20-16(22)14(18)10-13(4)21;1-13-11(15-10-4-2-3-5-10)8-9-6-7-14-12(9)16;1-2-3;1-2/h10,12,15,19H,5-9,11,18H2,1-4H3,(H,20,22);9-11,13,15H,2-8H2,1H3,(H,14,16);2H,1H3;1H2/b14-10-;;;. The van der Waals surface area contributed by atoms with Gasteiger partial charge in [-0.05, 0) is 90.1 Å². The summed E-state index contributed by atoms with van der Waals surface area (Å²) < 4.78 is 0. The lowest BCUT2D eigenvalue weighted by Crippen LogP contribution is -2.46. The van der Waals surface area contributed by atoms with Crippen LogP contribution in [0.25, 0.3) is 0 Å². The van der Waals surface area contributed by atoms with E-state index in [-0.39, 0.29) is 41.4 Å². The smallest absolute Gasteiger partial charge is 0.267 e. The Balaban J connectivity index is 0.000000736. The Bertz CT molecular complexity index is 855. The van der Waals surface area contributed by atoms with Gasteiger partial charge in [0.2, 0.25) is 5.91 Å². The van der Waals surface area contributed by atoms with Crippen molar-refractivity contribution < 1.29 is 24.0 Å². The molecule has 0 spiro atoms. The summed E-state index contributed by atoms with van der Waals surface area (Å²) in [7, 11) is 1.97. The average molecular weight is 609 g/mol. The van der Waals surface area contributed by atoms with Crippen molar-refractivity contribution in [2.24, 2.45) is 23.0 Å². The number of carbonyl (C=O) groups is 5.